The van der Waals surface area contributed by atoms with Gasteiger partial charge in [0.15, 0.2) is 0 Å². The Balaban J connectivity index is 1.000. The molecule has 0 fully saturated rings. The smallest absolute Gasteiger partial charge is 0.0465 e. The van der Waals surface area contributed by atoms with Gasteiger partial charge in [-0.25, -0.2) is 0 Å². The third-order valence-electron chi connectivity index (χ3n) is 16.1. The number of nitrogens with zero attached hydrogens (tertiary/aromatic N) is 1. The van der Waals surface area contributed by atoms with E-state index in [1.54, 1.807) is 0 Å². The molecular weight excluding hydrogens is 771 g/mol. The summed E-state index contributed by atoms with van der Waals surface area (Å²) in [5.74, 6) is 0.224. The largest absolute Gasteiger partial charge is 0.310 e. The van der Waals surface area contributed by atoms with Crippen molar-refractivity contribution in [2.45, 2.75) is 70.1 Å². The molecule has 0 bridgehead atoms. The number of anilines is 3. The molecular formula is C63H51N. The zero-order chi connectivity index (χ0) is 43.3. The molecule has 0 aliphatic heterocycles. The minimum absolute atomic E-state index is 0.114. The maximum absolute atomic E-state index is 2.54. The van der Waals surface area contributed by atoms with Gasteiger partial charge in [-0.05, 0) is 148 Å². The van der Waals surface area contributed by atoms with Gasteiger partial charge in [0.25, 0.3) is 0 Å². The molecule has 0 heterocycles. The summed E-state index contributed by atoms with van der Waals surface area (Å²) < 4.78 is 0. The molecule has 308 valence electrons. The molecule has 0 saturated carbocycles. The Bertz CT molecular complexity index is 3360. The van der Waals surface area contributed by atoms with Gasteiger partial charge in [0.05, 0.1) is 0 Å². The molecule has 0 N–H and O–H groups in total. The van der Waals surface area contributed by atoms with Crippen LogP contribution in [0.25, 0.3) is 55.3 Å². The summed E-state index contributed by atoms with van der Waals surface area (Å²) in [6.45, 7) is 14.4. The predicted octanol–water partition coefficient (Wildman–Crippen LogP) is 16.6. The van der Waals surface area contributed by atoms with E-state index < -0.39 is 0 Å². The topological polar surface area (TPSA) is 3.24 Å². The molecule has 13 rings (SSSR count). The summed E-state index contributed by atoms with van der Waals surface area (Å²) in [6.07, 6.45) is 0.979. The molecule has 4 aliphatic rings. The van der Waals surface area contributed by atoms with Gasteiger partial charge in [-0.1, -0.05) is 187 Å². The van der Waals surface area contributed by atoms with E-state index in [4.69, 9.17) is 0 Å². The van der Waals surface area contributed by atoms with Gasteiger partial charge in [0.2, 0.25) is 0 Å². The van der Waals surface area contributed by atoms with Crippen molar-refractivity contribution in [3.63, 3.8) is 0 Å². The van der Waals surface area contributed by atoms with E-state index >= 15 is 0 Å². The lowest BCUT2D eigenvalue weighted by Gasteiger charge is -2.31. The predicted molar refractivity (Wildman–Crippen MR) is 269 cm³/mol. The fourth-order valence-electron chi connectivity index (χ4n) is 12.8. The fraction of sp³-hybridized carbons (Fsp3) is 0.175. The average molecular weight is 822 g/mol. The maximum atomic E-state index is 2.54. The quantitative estimate of drug-likeness (QED) is 0.171. The first-order chi connectivity index (χ1) is 31.0. The van der Waals surface area contributed by atoms with Gasteiger partial charge in [0.1, 0.15) is 0 Å². The minimum atomic E-state index is -0.209. The standard InChI is InChI=1S/C63H51N/c1-61(2)53-23-13-11-20-45(53)47-31-27-40(35-56(47)61)64(41-28-32-48-46-21-12-14-24-54(46)62(3,4)57(48)36-41)42-29-33-51-58(37-42)63(5,6)55-25-15-22-49(60(51)55)52-34-39-17-8-9-18-43(39)50-30-26-38-16-7-10-19-44(38)59(50)52/h7-33,35-37,52H,34H2,1-6H3. The number of hydrogen-bond donors (Lipinski definition) is 0. The molecule has 9 aromatic carbocycles. The first kappa shape index (κ1) is 37.6. The minimum Gasteiger partial charge on any atom is -0.310 e. The van der Waals surface area contributed by atoms with Crippen LogP contribution in [-0.2, 0) is 22.7 Å². The highest BCUT2D eigenvalue weighted by molar-refractivity contribution is 5.96. The summed E-state index contributed by atoms with van der Waals surface area (Å²) in [5, 5.41) is 2.67. The van der Waals surface area contributed by atoms with Crippen LogP contribution in [0.3, 0.4) is 0 Å². The third kappa shape index (κ3) is 5.01. The molecule has 0 spiro atoms. The second-order valence-electron chi connectivity index (χ2n) is 20.4. The van der Waals surface area contributed by atoms with E-state index in [1.807, 2.05) is 0 Å². The molecule has 1 unspecified atom stereocenters. The molecule has 64 heavy (non-hydrogen) atoms. The van der Waals surface area contributed by atoms with Crippen molar-refractivity contribution in [3.05, 3.63) is 232 Å². The SMILES string of the molecule is CC1(C)c2ccccc2-c2ccc(N(c3ccc4c(c3)C(C)(C)c3ccccc3-4)c3ccc4c(c3)C(C)(C)c3cccc(C5Cc6ccccc6-c6ccc7ccccc7c65)c3-4)cc21. The van der Waals surface area contributed by atoms with Gasteiger partial charge in [-0.15, -0.1) is 0 Å². The molecule has 9 aromatic rings. The van der Waals surface area contributed by atoms with Crippen LogP contribution in [0.1, 0.15) is 97.5 Å². The molecule has 1 heteroatoms. The second kappa shape index (κ2) is 13.1. The highest BCUT2D eigenvalue weighted by atomic mass is 15.1. The molecule has 0 saturated heterocycles. The van der Waals surface area contributed by atoms with Crippen molar-refractivity contribution in [1.82, 2.24) is 0 Å². The van der Waals surface area contributed by atoms with Crippen molar-refractivity contribution < 1.29 is 0 Å². The fourth-order valence-corrected chi connectivity index (χ4v) is 12.8. The molecule has 4 aliphatic carbocycles. The first-order valence-electron chi connectivity index (χ1n) is 23.2. The highest BCUT2D eigenvalue weighted by Gasteiger charge is 2.41. The zero-order valence-electron chi connectivity index (χ0n) is 37.6. The van der Waals surface area contributed by atoms with Gasteiger partial charge in [-0.3, -0.25) is 0 Å². The Labute approximate surface area is 377 Å². The Morgan fingerprint density at radius 3 is 1.48 bits per heavy atom. The first-order valence-corrected chi connectivity index (χ1v) is 23.2. The van der Waals surface area contributed by atoms with Crippen molar-refractivity contribution in [2.75, 3.05) is 4.90 Å². The van der Waals surface area contributed by atoms with Crippen molar-refractivity contribution in [3.8, 4) is 44.5 Å². The van der Waals surface area contributed by atoms with Crippen molar-refractivity contribution in [2.24, 2.45) is 0 Å². The third-order valence-corrected chi connectivity index (χ3v) is 16.1. The van der Waals surface area contributed by atoms with Gasteiger partial charge >= 0.3 is 0 Å². The number of hydrogen-bond acceptors (Lipinski definition) is 1. The number of fused-ring (bicyclic) bond motifs is 14. The van der Waals surface area contributed by atoms with Crippen LogP contribution >= 0.6 is 0 Å². The van der Waals surface area contributed by atoms with Crippen LogP contribution in [0.15, 0.2) is 182 Å². The summed E-state index contributed by atoms with van der Waals surface area (Å²) in [6, 6.07) is 69.7. The van der Waals surface area contributed by atoms with E-state index in [2.05, 4.69) is 228 Å². The second-order valence-corrected chi connectivity index (χ2v) is 20.4. The summed E-state index contributed by atoms with van der Waals surface area (Å²) in [4.78, 5) is 2.54. The Morgan fingerprint density at radius 2 is 0.844 bits per heavy atom. The monoisotopic (exact) mass is 821 g/mol. The maximum Gasteiger partial charge on any atom is 0.0465 e. The van der Waals surface area contributed by atoms with Crippen LogP contribution in [-0.4, -0.2) is 0 Å². The van der Waals surface area contributed by atoms with Crippen molar-refractivity contribution in [1.29, 1.82) is 0 Å². The van der Waals surface area contributed by atoms with E-state index in [-0.39, 0.29) is 22.2 Å². The van der Waals surface area contributed by atoms with Crippen LogP contribution in [0.2, 0.25) is 0 Å². The molecule has 0 aromatic heterocycles. The Kier molecular flexibility index (Phi) is 7.67. The Hall–Kier alpha value is -6.96. The highest BCUT2D eigenvalue weighted by Crippen LogP contribution is 2.57. The molecule has 1 nitrogen and oxygen atoms in total. The van der Waals surface area contributed by atoms with Gasteiger partial charge < -0.3 is 4.90 Å². The molecule has 0 radical (unpaired) electrons. The van der Waals surface area contributed by atoms with E-state index in [0.29, 0.717) is 0 Å². The van der Waals surface area contributed by atoms with Crippen LogP contribution in [0.5, 0.6) is 0 Å². The van der Waals surface area contributed by atoms with E-state index in [0.717, 1.165) is 6.42 Å². The lowest BCUT2D eigenvalue weighted by atomic mass is 9.72. The van der Waals surface area contributed by atoms with Gasteiger partial charge in [-0.2, -0.15) is 0 Å². The van der Waals surface area contributed by atoms with Crippen LogP contribution < -0.4 is 4.90 Å². The number of benzene rings is 9. The summed E-state index contributed by atoms with van der Waals surface area (Å²) >= 11 is 0. The summed E-state index contributed by atoms with van der Waals surface area (Å²) in [7, 11) is 0. The van der Waals surface area contributed by atoms with Crippen LogP contribution in [0.4, 0.5) is 17.1 Å². The lowest BCUT2D eigenvalue weighted by molar-refractivity contribution is 0.658. The van der Waals surface area contributed by atoms with E-state index in [1.165, 1.54) is 122 Å². The Morgan fingerprint density at radius 1 is 0.375 bits per heavy atom. The normalized spacial score (nSPS) is 17.1. The molecule has 0 amide bonds. The zero-order valence-corrected chi connectivity index (χ0v) is 37.6. The summed E-state index contributed by atoms with van der Waals surface area (Å²) in [5.41, 5.74) is 26.7. The van der Waals surface area contributed by atoms with Gasteiger partial charge in [0, 0.05) is 39.2 Å². The average Bonchev–Trinajstić information content (AvgIpc) is 3.80. The lowest BCUT2D eigenvalue weighted by Crippen LogP contribution is -2.19. The molecule has 1 atom stereocenters. The van der Waals surface area contributed by atoms with Crippen molar-refractivity contribution >= 4 is 27.8 Å². The number of rotatable bonds is 4. The van der Waals surface area contributed by atoms with E-state index in [9.17, 15) is 0 Å². The van der Waals surface area contributed by atoms with Crippen LogP contribution in [0, 0.1) is 0 Å².